The average Bonchev–Trinajstić information content (AvgIpc) is 2.80. The minimum absolute atomic E-state index is 0.0262. The van der Waals surface area contributed by atoms with E-state index in [9.17, 15) is 9.18 Å². The summed E-state index contributed by atoms with van der Waals surface area (Å²) in [7, 11) is 0. The molecule has 1 fully saturated rings. The molecule has 3 rings (SSSR count). The van der Waals surface area contributed by atoms with Crippen LogP contribution in [-0.4, -0.2) is 11.7 Å². The summed E-state index contributed by atoms with van der Waals surface area (Å²) in [6.07, 6.45) is 0. The first-order valence-electron chi connectivity index (χ1n) is 6.82. The van der Waals surface area contributed by atoms with Gasteiger partial charge in [-0.15, -0.1) is 11.8 Å². The van der Waals surface area contributed by atoms with Gasteiger partial charge in [0.05, 0.1) is 5.75 Å². The molecule has 0 aromatic heterocycles. The Bertz CT molecular complexity index is 681. The second kappa shape index (κ2) is 5.53. The van der Waals surface area contributed by atoms with Gasteiger partial charge in [0.25, 0.3) is 0 Å². The minimum Gasteiger partial charge on any atom is -0.295 e. The number of carbonyl (C=O) groups is 1. The van der Waals surface area contributed by atoms with E-state index in [0.29, 0.717) is 11.3 Å². The largest absolute Gasteiger partial charge is 0.295 e. The predicted octanol–water partition coefficient (Wildman–Crippen LogP) is 4.22. The normalized spacial score (nSPS) is 18.3. The fourth-order valence-electron chi connectivity index (χ4n) is 2.70. The Labute approximate surface area is 128 Å². The van der Waals surface area contributed by atoms with Gasteiger partial charge in [0, 0.05) is 11.3 Å². The molecule has 0 N–H and O–H groups in total. The molecule has 1 amide bonds. The highest BCUT2D eigenvalue weighted by Gasteiger charge is 2.35. The zero-order valence-corrected chi connectivity index (χ0v) is 12.8. The zero-order valence-electron chi connectivity index (χ0n) is 12.0. The topological polar surface area (TPSA) is 20.3 Å². The molecule has 1 aliphatic heterocycles. The van der Waals surface area contributed by atoms with Crippen molar-refractivity contribution in [2.24, 2.45) is 0 Å². The van der Waals surface area contributed by atoms with Gasteiger partial charge in [0.2, 0.25) is 5.91 Å². The molecule has 1 aliphatic rings. The Kier molecular flexibility index (Phi) is 3.72. The Hall–Kier alpha value is -1.81. The number of benzene rings is 2. The highest BCUT2D eigenvalue weighted by atomic mass is 32.2. The third kappa shape index (κ3) is 2.68. The van der Waals surface area contributed by atoms with Gasteiger partial charge in [-0.1, -0.05) is 24.3 Å². The molecule has 0 radical (unpaired) electrons. The maximum atomic E-state index is 14.1. The van der Waals surface area contributed by atoms with Crippen LogP contribution in [0.3, 0.4) is 0 Å². The molecule has 108 valence electrons. The molecule has 1 heterocycles. The number of thioether (sulfide) groups is 1. The van der Waals surface area contributed by atoms with Gasteiger partial charge >= 0.3 is 0 Å². The van der Waals surface area contributed by atoms with Crippen molar-refractivity contribution in [3.05, 3.63) is 65.0 Å². The third-order valence-electron chi connectivity index (χ3n) is 3.52. The van der Waals surface area contributed by atoms with Crippen LogP contribution in [0.5, 0.6) is 0 Å². The van der Waals surface area contributed by atoms with Gasteiger partial charge < -0.3 is 0 Å². The van der Waals surface area contributed by atoms with Crippen LogP contribution in [0.4, 0.5) is 10.1 Å². The molecule has 1 atom stereocenters. The fourth-order valence-corrected chi connectivity index (χ4v) is 3.90. The average molecular weight is 301 g/mol. The number of rotatable bonds is 2. The molecule has 1 saturated heterocycles. The monoisotopic (exact) mass is 301 g/mol. The second-order valence-electron chi connectivity index (χ2n) is 5.29. The van der Waals surface area contributed by atoms with Crippen LogP contribution >= 0.6 is 11.8 Å². The first kappa shape index (κ1) is 14.1. The molecule has 0 bridgehead atoms. The van der Waals surface area contributed by atoms with Crippen LogP contribution in [-0.2, 0) is 4.79 Å². The van der Waals surface area contributed by atoms with Gasteiger partial charge in [-0.25, -0.2) is 4.39 Å². The van der Waals surface area contributed by atoms with Crippen molar-refractivity contribution in [2.75, 3.05) is 10.7 Å². The second-order valence-corrected chi connectivity index (χ2v) is 6.36. The third-order valence-corrected chi connectivity index (χ3v) is 4.72. The van der Waals surface area contributed by atoms with Crippen LogP contribution in [0, 0.1) is 19.7 Å². The maximum Gasteiger partial charge on any atom is 0.238 e. The lowest BCUT2D eigenvalue weighted by Crippen LogP contribution is -2.28. The number of hydrogen-bond donors (Lipinski definition) is 0. The summed E-state index contributed by atoms with van der Waals surface area (Å²) < 4.78 is 14.1. The van der Waals surface area contributed by atoms with Crippen molar-refractivity contribution < 1.29 is 9.18 Å². The van der Waals surface area contributed by atoms with E-state index in [2.05, 4.69) is 6.07 Å². The molecule has 0 aliphatic carbocycles. The SMILES string of the molecule is Cc1cc(C)cc(N2C(=O)CS[C@H]2c2ccccc2F)c1. The van der Waals surface area contributed by atoms with Crippen molar-refractivity contribution in [3.63, 3.8) is 0 Å². The number of amides is 1. The molecule has 2 nitrogen and oxygen atoms in total. The van der Waals surface area contributed by atoms with Gasteiger partial charge in [0.1, 0.15) is 11.2 Å². The number of hydrogen-bond acceptors (Lipinski definition) is 2. The summed E-state index contributed by atoms with van der Waals surface area (Å²) in [6, 6.07) is 12.7. The predicted molar refractivity (Wildman–Crippen MR) is 85.0 cm³/mol. The Morgan fingerprint density at radius 1 is 1.14 bits per heavy atom. The van der Waals surface area contributed by atoms with Gasteiger partial charge in [-0.05, 0) is 43.2 Å². The number of aryl methyl sites for hydroxylation is 2. The summed E-state index contributed by atoms with van der Waals surface area (Å²) in [6.45, 7) is 4.00. The first-order valence-corrected chi connectivity index (χ1v) is 7.87. The quantitative estimate of drug-likeness (QED) is 0.827. The molecule has 0 spiro atoms. The lowest BCUT2D eigenvalue weighted by atomic mass is 10.1. The van der Waals surface area contributed by atoms with Gasteiger partial charge in [-0.3, -0.25) is 9.69 Å². The summed E-state index contributed by atoms with van der Waals surface area (Å²) in [4.78, 5) is 14.0. The van der Waals surface area contributed by atoms with Crippen LogP contribution in [0.1, 0.15) is 22.1 Å². The van der Waals surface area contributed by atoms with Crippen molar-refractivity contribution in [3.8, 4) is 0 Å². The number of carbonyl (C=O) groups excluding carboxylic acids is 1. The smallest absolute Gasteiger partial charge is 0.238 e. The number of nitrogens with zero attached hydrogens (tertiary/aromatic N) is 1. The summed E-state index contributed by atoms with van der Waals surface area (Å²) in [5, 5.41) is -0.292. The Balaban J connectivity index is 2.06. The maximum absolute atomic E-state index is 14.1. The molecule has 2 aromatic rings. The van der Waals surface area contributed by atoms with Gasteiger partial charge in [-0.2, -0.15) is 0 Å². The van der Waals surface area contributed by atoms with E-state index >= 15 is 0 Å². The van der Waals surface area contributed by atoms with Crippen LogP contribution in [0.2, 0.25) is 0 Å². The Morgan fingerprint density at radius 2 is 1.81 bits per heavy atom. The molecular formula is C17H16FNOS. The molecule has 21 heavy (non-hydrogen) atoms. The lowest BCUT2D eigenvalue weighted by Gasteiger charge is -2.25. The highest BCUT2D eigenvalue weighted by Crippen LogP contribution is 2.42. The van der Waals surface area contributed by atoms with Crippen LogP contribution < -0.4 is 4.90 Å². The van der Waals surface area contributed by atoms with E-state index in [0.717, 1.165) is 16.8 Å². The zero-order chi connectivity index (χ0) is 15.0. The molecule has 0 unspecified atom stereocenters. The summed E-state index contributed by atoms with van der Waals surface area (Å²) in [5.41, 5.74) is 3.60. The van der Waals surface area contributed by atoms with Crippen molar-refractivity contribution in [1.82, 2.24) is 0 Å². The number of halogens is 1. The number of anilines is 1. The van der Waals surface area contributed by atoms with E-state index < -0.39 is 0 Å². The first-order chi connectivity index (χ1) is 10.1. The van der Waals surface area contributed by atoms with Crippen molar-refractivity contribution in [2.45, 2.75) is 19.2 Å². The summed E-state index contributed by atoms with van der Waals surface area (Å²) >= 11 is 1.47. The molecule has 4 heteroatoms. The van der Waals surface area contributed by atoms with Crippen LogP contribution in [0.15, 0.2) is 42.5 Å². The van der Waals surface area contributed by atoms with Gasteiger partial charge in [0.15, 0.2) is 0 Å². The minimum atomic E-state index is -0.292. The molecule has 0 saturated carbocycles. The molecular weight excluding hydrogens is 285 g/mol. The van der Waals surface area contributed by atoms with E-state index in [4.69, 9.17) is 0 Å². The molecule has 2 aromatic carbocycles. The van der Waals surface area contributed by atoms with E-state index in [1.165, 1.54) is 17.8 Å². The van der Waals surface area contributed by atoms with E-state index in [1.807, 2.05) is 26.0 Å². The van der Waals surface area contributed by atoms with E-state index in [1.54, 1.807) is 23.1 Å². The fraction of sp³-hybridized carbons (Fsp3) is 0.235. The van der Waals surface area contributed by atoms with Crippen LogP contribution in [0.25, 0.3) is 0 Å². The van der Waals surface area contributed by atoms with E-state index in [-0.39, 0.29) is 17.1 Å². The highest BCUT2D eigenvalue weighted by molar-refractivity contribution is 8.00. The van der Waals surface area contributed by atoms with Crippen molar-refractivity contribution in [1.29, 1.82) is 0 Å². The summed E-state index contributed by atoms with van der Waals surface area (Å²) in [5.74, 6) is 0.142. The standard InChI is InChI=1S/C17H16FNOS/c1-11-7-12(2)9-13(8-11)19-16(20)10-21-17(19)14-5-3-4-6-15(14)18/h3-9,17H,10H2,1-2H3/t17-/m0/s1. The Morgan fingerprint density at radius 3 is 2.48 bits per heavy atom. The lowest BCUT2D eigenvalue weighted by molar-refractivity contribution is -0.115. The van der Waals surface area contributed by atoms with Crippen molar-refractivity contribution >= 4 is 23.4 Å².